The number of amides is 1. The third-order valence-electron chi connectivity index (χ3n) is 8.00. The Morgan fingerprint density at radius 1 is 1.00 bits per heavy atom. The maximum Gasteiger partial charge on any atom is 0.226 e. The standard InChI is InChI=1S/C24H34ClN3O.2ClH/c25-21-3-1-4-22(14-21)28-9-7-27(8-10-28)6-2-5-26-23(29)24-15-18-11-19(16-24)13-20(12-18)17-24;;/h1,3-4,14,18-20H,2,5-13,15-17H2,(H,26,29);2*1H. The second-order valence-electron chi connectivity index (χ2n) is 10.1. The number of nitrogens with zero attached hydrogens (tertiary/aromatic N) is 2. The van der Waals surface area contributed by atoms with Gasteiger partial charge in [-0.1, -0.05) is 17.7 Å². The van der Waals surface area contributed by atoms with Crippen LogP contribution in [-0.4, -0.2) is 50.1 Å². The van der Waals surface area contributed by atoms with E-state index in [4.69, 9.17) is 11.6 Å². The van der Waals surface area contributed by atoms with Crippen molar-refractivity contribution in [2.45, 2.75) is 44.9 Å². The van der Waals surface area contributed by atoms with Crippen LogP contribution in [0, 0.1) is 23.2 Å². The highest BCUT2D eigenvalue weighted by molar-refractivity contribution is 6.30. The number of piperazine rings is 1. The van der Waals surface area contributed by atoms with Gasteiger partial charge < -0.3 is 10.2 Å². The van der Waals surface area contributed by atoms with Crippen LogP contribution < -0.4 is 10.2 Å². The van der Waals surface area contributed by atoms with Crippen molar-refractivity contribution in [1.29, 1.82) is 0 Å². The molecule has 31 heavy (non-hydrogen) atoms. The Hall–Kier alpha value is -0.680. The Bertz CT molecular complexity index is 716. The summed E-state index contributed by atoms with van der Waals surface area (Å²) in [4.78, 5) is 18.0. The number of benzene rings is 1. The van der Waals surface area contributed by atoms with Gasteiger partial charge in [0.2, 0.25) is 5.91 Å². The van der Waals surface area contributed by atoms with E-state index >= 15 is 0 Å². The quantitative estimate of drug-likeness (QED) is 0.571. The number of anilines is 1. The zero-order valence-electron chi connectivity index (χ0n) is 18.2. The van der Waals surface area contributed by atoms with Gasteiger partial charge in [0.05, 0.1) is 0 Å². The highest BCUT2D eigenvalue weighted by Gasteiger charge is 2.54. The van der Waals surface area contributed by atoms with Crippen LogP contribution in [0.1, 0.15) is 44.9 Å². The van der Waals surface area contributed by atoms with E-state index in [1.807, 2.05) is 12.1 Å². The van der Waals surface area contributed by atoms with Gasteiger partial charge in [0.15, 0.2) is 0 Å². The Kier molecular flexibility index (Phi) is 8.45. The first kappa shape index (κ1) is 25.0. The average molecular weight is 489 g/mol. The molecule has 174 valence electrons. The first-order valence-corrected chi connectivity index (χ1v) is 12.0. The number of hydrogen-bond donors (Lipinski definition) is 1. The van der Waals surface area contributed by atoms with Crippen molar-refractivity contribution >= 4 is 48.0 Å². The van der Waals surface area contributed by atoms with Crippen LogP contribution in [0.3, 0.4) is 0 Å². The number of carbonyl (C=O) groups is 1. The van der Waals surface area contributed by atoms with E-state index in [-0.39, 0.29) is 30.2 Å². The fourth-order valence-electron chi connectivity index (χ4n) is 6.98. The Balaban J connectivity index is 0.00000136. The molecule has 4 bridgehead atoms. The summed E-state index contributed by atoms with van der Waals surface area (Å²) in [5.74, 6) is 2.88. The number of rotatable bonds is 6. The molecule has 0 unspecified atom stereocenters. The van der Waals surface area contributed by atoms with Crippen LogP contribution in [-0.2, 0) is 4.79 Å². The summed E-state index contributed by atoms with van der Waals surface area (Å²) >= 11 is 6.13. The molecule has 1 saturated heterocycles. The minimum atomic E-state index is -0.00265. The Labute approximate surface area is 204 Å². The van der Waals surface area contributed by atoms with Crippen molar-refractivity contribution in [2.24, 2.45) is 23.2 Å². The van der Waals surface area contributed by atoms with Crippen molar-refractivity contribution in [3.8, 4) is 0 Å². The summed E-state index contributed by atoms with van der Waals surface area (Å²) < 4.78 is 0. The molecule has 1 heterocycles. The van der Waals surface area contributed by atoms with Gasteiger partial charge in [-0.2, -0.15) is 0 Å². The van der Waals surface area contributed by atoms with Crippen molar-refractivity contribution in [3.63, 3.8) is 0 Å². The molecule has 6 rings (SSSR count). The van der Waals surface area contributed by atoms with E-state index in [1.165, 1.54) is 24.9 Å². The van der Waals surface area contributed by atoms with Crippen LogP contribution in [0.2, 0.25) is 5.02 Å². The van der Waals surface area contributed by atoms with Crippen molar-refractivity contribution < 1.29 is 4.79 Å². The molecular weight excluding hydrogens is 453 g/mol. The monoisotopic (exact) mass is 487 g/mol. The van der Waals surface area contributed by atoms with Gasteiger partial charge in [-0.25, -0.2) is 0 Å². The fourth-order valence-corrected chi connectivity index (χ4v) is 7.17. The van der Waals surface area contributed by atoms with Gasteiger partial charge in [-0.3, -0.25) is 9.69 Å². The lowest BCUT2D eigenvalue weighted by Crippen LogP contribution is -2.53. The van der Waals surface area contributed by atoms with Gasteiger partial charge in [0.25, 0.3) is 0 Å². The fraction of sp³-hybridized carbons (Fsp3) is 0.708. The zero-order chi connectivity index (χ0) is 19.8. The Morgan fingerprint density at radius 2 is 1.61 bits per heavy atom. The SMILES string of the molecule is Cl.Cl.O=C(NCCCN1CCN(c2cccc(Cl)c2)CC1)C12CC3CC(CC(C3)C1)C2. The van der Waals surface area contributed by atoms with Crippen molar-refractivity contribution in [1.82, 2.24) is 10.2 Å². The minimum absolute atomic E-state index is 0. The molecule has 5 aliphatic rings. The molecule has 1 N–H and O–H groups in total. The molecule has 7 heteroatoms. The third kappa shape index (κ3) is 5.46. The first-order chi connectivity index (χ1) is 14.1. The summed E-state index contributed by atoms with van der Waals surface area (Å²) in [5, 5.41) is 4.13. The number of nitrogens with one attached hydrogen (secondary N) is 1. The molecule has 0 aromatic heterocycles. The second-order valence-corrected chi connectivity index (χ2v) is 10.6. The first-order valence-electron chi connectivity index (χ1n) is 11.6. The molecule has 4 nitrogen and oxygen atoms in total. The van der Waals surface area contributed by atoms with E-state index < -0.39 is 0 Å². The number of halogens is 3. The maximum atomic E-state index is 13.0. The summed E-state index contributed by atoms with van der Waals surface area (Å²) in [6, 6.07) is 8.15. The van der Waals surface area contributed by atoms with E-state index in [0.717, 1.165) is 87.7 Å². The highest BCUT2D eigenvalue weighted by atomic mass is 35.5. The lowest BCUT2D eigenvalue weighted by Gasteiger charge is -2.55. The summed E-state index contributed by atoms with van der Waals surface area (Å²) in [6.45, 7) is 6.14. The largest absolute Gasteiger partial charge is 0.369 e. The molecule has 0 radical (unpaired) electrons. The molecule has 1 aromatic rings. The second kappa shape index (κ2) is 10.5. The smallest absolute Gasteiger partial charge is 0.226 e. The van der Waals surface area contributed by atoms with Gasteiger partial charge in [-0.05, 0) is 87.4 Å². The normalized spacial score (nSPS) is 31.6. The van der Waals surface area contributed by atoms with Gasteiger partial charge in [0, 0.05) is 48.8 Å². The molecule has 0 spiro atoms. The van der Waals surface area contributed by atoms with Crippen LogP contribution in [0.15, 0.2) is 24.3 Å². The maximum absolute atomic E-state index is 13.0. The number of carbonyl (C=O) groups excluding carboxylic acids is 1. The van der Waals surface area contributed by atoms with Crippen LogP contribution in [0.5, 0.6) is 0 Å². The van der Waals surface area contributed by atoms with Crippen molar-refractivity contribution in [3.05, 3.63) is 29.3 Å². The van der Waals surface area contributed by atoms with Gasteiger partial charge in [-0.15, -0.1) is 24.8 Å². The van der Waals surface area contributed by atoms with E-state index in [0.29, 0.717) is 5.91 Å². The predicted molar refractivity (Wildman–Crippen MR) is 133 cm³/mol. The highest BCUT2D eigenvalue weighted by Crippen LogP contribution is 2.60. The Morgan fingerprint density at radius 3 is 2.19 bits per heavy atom. The molecule has 1 amide bonds. The molecule has 4 saturated carbocycles. The topological polar surface area (TPSA) is 35.6 Å². The van der Waals surface area contributed by atoms with Crippen molar-refractivity contribution in [2.75, 3.05) is 44.2 Å². The van der Waals surface area contributed by atoms with Crippen LogP contribution in [0.4, 0.5) is 5.69 Å². The summed E-state index contributed by atoms with van der Waals surface area (Å²) in [5.41, 5.74) is 1.22. The molecule has 1 aromatic carbocycles. The van der Waals surface area contributed by atoms with Crippen LogP contribution >= 0.6 is 36.4 Å². The summed E-state index contributed by atoms with van der Waals surface area (Å²) in [6.07, 6.45) is 8.73. The van der Waals surface area contributed by atoms with E-state index in [9.17, 15) is 4.79 Å². The molecule has 5 fully saturated rings. The lowest BCUT2D eigenvalue weighted by molar-refractivity contribution is -0.146. The summed E-state index contributed by atoms with van der Waals surface area (Å²) in [7, 11) is 0. The minimum Gasteiger partial charge on any atom is -0.369 e. The van der Waals surface area contributed by atoms with Crippen LogP contribution in [0.25, 0.3) is 0 Å². The lowest BCUT2D eigenvalue weighted by atomic mass is 9.49. The third-order valence-corrected chi connectivity index (χ3v) is 8.24. The molecule has 1 aliphatic heterocycles. The molecule has 4 aliphatic carbocycles. The predicted octanol–water partition coefficient (Wildman–Crippen LogP) is 5.03. The number of hydrogen-bond acceptors (Lipinski definition) is 3. The van der Waals surface area contributed by atoms with Gasteiger partial charge in [0.1, 0.15) is 0 Å². The van der Waals surface area contributed by atoms with E-state index in [2.05, 4.69) is 27.2 Å². The van der Waals surface area contributed by atoms with Gasteiger partial charge >= 0.3 is 0 Å². The average Bonchev–Trinajstić information content (AvgIpc) is 2.70. The molecular formula is C24H36Cl3N3O. The van der Waals surface area contributed by atoms with E-state index in [1.54, 1.807) is 0 Å². The molecule has 0 atom stereocenters. The zero-order valence-corrected chi connectivity index (χ0v) is 20.6.